The van der Waals surface area contributed by atoms with Gasteiger partial charge in [-0.25, -0.2) is 4.98 Å². The number of methoxy groups -OCH3 is 1. The summed E-state index contributed by atoms with van der Waals surface area (Å²) in [4.78, 5) is 9.01. The molecule has 7 heteroatoms. The first-order valence-corrected chi connectivity index (χ1v) is 10.9. The Labute approximate surface area is 178 Å². The van der Waals surface area contributed by atoms with Crippen LogP contribution in [0.15, 0.2) is 28.6 Å². The second kappa shape index (κ2) is 11.0. The Bertz CT molecular complexity index is 796. The van der Waals surface area contributed by atoms with E-state index in [1.54, 1.807) is 25.5 Å². The number of thiazole rings is 1. The van der Waals surface area contributed by atoms with Crippen LogP contribution in [0, 0.1) is 0 Å². The van der Waals surface area contributed by atoms with E-state index in [1.807, 2.05) is 13.0 Å². The van der Waals surface area contributed by atoms with E-state index in [1.165, 1.54) is 5.56 Å². The average molecular weight is 419 g/mol. The summed E-state index contributed by atoms with van der Waals surface area (Å²) in [5, 5.41) is 9.92. The molecule has 0 fully saturated rings. The van der Waals surface area contributed by atoms with Gasteiger partial charge in [-0.1, -0.05) is 26.8 Å². The third-order valence-electron chi connectivity index (χ3n) is 4.41. The molecule has 6 nitrogen and oxygen atoms in total. The lowest BCUT2D eigenvalue weighted by molar-refractivity contribution is 0.310. The van der Waals surface area contributed by atoms with E-state index in [-0.39, 0.29) is 5.41 Å². The van der Waals surface area contributed by atoms with Crippen molar-refractivity contribution < 1.29 is 9.47 Å². The molecule has 0 bridgehead atoms. The van der Waals surface area contributed by atoms with E-state index >= 15 is 0 Å². The second-order valence-corrected chi connectivity index (χ2v) is 8.69. The monoisotopic (exact) mass is 418 g/mol. The second-order valence-electron chi connectivity index (χ2n) is 7.75. The molecule has 160 valence electrons. The van der Waals surface area contributed by atoms with Gasteiger partial charge in [-0.05, 0) is 37.5 Å². The Morgan fingerprint density at radius 1 is 1.21 bits per heavy atom. The van der Waals surface area contributed by atoms with E-state index in [4.69, 9.17) is 14.5 Å². The highest BCUT2D eigenvalue weighted by atomic mass is 32.1. The summed E-state index contributed by atoms with van der Waals surface area (Å²) in [5.74, 6) is 2.37. The summed E-state index contributed by atoms with van der Waals surface area (Å²) >= 11 is 1.68. The van der Waals surface area contributed by atoms with E-state index in [2.05, 4.69) is 53.9 Å². The lowest BCUT2D eigenvalue weighted by Crippen LogP contribution is -2.37. The minimum Gasteiger partial charge on any atom is -0.493 e. The van der Waals surface area contributed by atoms with Crippen LogP contribution in [0.2, 0.25) is 0 Å². The van der Waals surface area contributed by atoms with Crippen molar-refractivity contribution in [1.29, 1.82) is 0 Å². The molecular formula is C22H34N4O2S. The fourth-order valence-corrected chi connectivity index (χ4v) is 3.72. The number of nitrogens with zero attached hydrogens (tertiary/aromatic N) is 2. The molecular weight excluding hydrogens is 384 g/mol. The number of guanidine groups is 1. The molecule has 0 amide bonds. The fraction of sp³-hybridized carbons (Fsp3) is 0.545. The van der Waals surface area contributed by atoms with Gasteiger partial charge < -0.3 is 20.1 Å². The number of nitrogens with one attached hydrogen (secondary N) is 2. The summed E-state index contributed by atoms with van der Waals surface area (Å²) in [6, 6.07) is 6.11. The first-order chi connectivity index (χ1) is 13.9. The first-order valence-electron chi connectivity index (χ1n) is 10.1. The van der Waals surface area contributed by atoms with Crippen LogP contribution in [0.3, 0.4) is 0 Å². The molecule has 1 heterocycles. The van der Waals surface area contributed by atoms with Crippen molar-refractivity contribution in [2.75, 3.05) is 27.3 Å². The van der Waals surface area contributed by atoms with Crippen LogP contribution >= 0.6 is 11.3 Å². The van der Waals surface area contributed by atoms with Gasteiger partial charge >= 0.3 is 0 Å². The SMILES string of the molecule is CCOc1cc(CCCNC(=NC)NCc2nc(C(C)(C)C)cs2)ccc1OC. The maximum absolute atomic E-state index is 5.65. The molecule has 1 aromatic heterocycles. The average Bonchev–Trinajstić information content (AvgIpc) is 3.17. The summed E-state index contributed by atoms with van der Waals surface area (Å²) in [6.45, 7) is 10.7. The zero-order valence-corrected chi connectivity index (χ0v) is 19.3. The van der Waals surface area contributed by atoms with Crippen molar-refractivity contribution in [3.63, 3.8) is 0 Å². The largest absolute Gasteiger partial charge is 0.493 e. The number of rotatable bonds is 9. The number of benzene rings is 1. The Hall–Kier alpha value is -2.28. The lowest BCUT2D eigenvalue weighted by atomic mass is 9.93. The van der Waals surface area contributed by atoms with Crippen molar-refractivity contribution in [3.8, 4) is 11.5 Å². The predicted molar refractivity (Wildman–Crippen MR) is 121 cm³/mol. The molecule has 0 unspecified atom stereocenters. The molecule has 0 spiro atoms. The van der Waals surface area contributed by atoms with Crippen molar-refractivity contribution in [2.45, 2.75) is 52.5 Å². The molecule has 0 atom stereocenters. The quantitative estimate of drug-likeness (QED) is 0.364. The standard InChI is InChI=1S/C22H34N4O2S/c1-7-28-18-13-16(10-11-17(18)27-6)9-8-12-24-21(23-5)25-14-20-26-19(15-29-20)22(2,3)4/h10-11,13,15H,7-9,12,14H2,1-6H3,(H2,23,24,25). The Morgan fingerprint density at radius 2 is 2.00 bits per heavy atom. The molecule has 0 radical (unpaired) electrons. The number of hydrogen-bond donors (Lipinski definition) is 2. The predicted octanol–water partition coefficient (Wildman–Crippen LogP) is 4.15. The molecule has 0 aliphatic rings. The minimum atomic E-state index is 0.0815. The summed E-state index contributed by atoms with van der Waals surface area (Å²) < 4.78 is 11.0. The lowest BCUT2D eigenvalue weighted by Gasteiger charge is -2.14. The van der Waals surface area contributed by atoms with Gasteiger partial charge in [0.1, 0.15) is 5.01 Å². The van der Waals surface area contributed by atoms with Gasteiger partial charge in [0.05, 0.1) is 26.0 Å². The van der Waals surface area contributed by atoms with Crippen LogP contribution in [0.1, 0.15) is 50.4 Å². The Morgan fingerprint density at radius 3 is 2.62 bits per heavy atom. The van der Waals surface area contributed by atoms with Crippen LogP contribution in [0.25, 0.3) is 0 Å². The highest BCUT2D eigenvalue weighted by Crippen LogP contribution is 2.28. The van der Waals surface area contributed by atoms with Crippen LogP contribution < -0.4 is 20.1 Å². The van der Waals surface area contributed by atoms with Gasteiger partial charge in [-0.2, -0.15) is 0 Å². The zero-order chi connectivity index (χ0) is 21.3. The number of aromatic nitrogens is 1. The Kier molecular flexibility index (Phi) is 8.76. The van der Waals surface area contributed by atoms with Gasteiger partial charge in [-0.3, -0.25) is 4.99 Å². The molecule has 0 saturated carbocycles. The van der Waals surface area contributed by atoms with Crippen LogP contribution in [0.5, 0.6) is 11.5 Å². The topological polar surface area (TPSA) is 67.8 Å². The smallest absolute Gasteiger partial charge is 0.191 e. The normalized spacial score (nSPS) is 12.0. The first kappa shape index (κ1) is 23.0. The summed E-state index contributed by atoms with van der Waals surface area (Å²) in [7, 11) is 3.45. The minimum absolute atomic E-state index is 0.0815. The fourth-order valence-electron chi connectivity index (χ4n) is 2.76. The molecule has 2 N–H and O–H groups in total. The third kappa shape index (κ3) is 7.24. The van der Waals surface area contributed by atoms with Gasteiger partial charge in [-0.15, -0.1) is 11.3 Å². The molecule has 0 aliphatic heterocycles. The van der Waals surface area contributed by atoms with Gasteiger partial charge in [0.2, 0.25) is 0 Å². The molecule has 29 heavy (non-hydrogen) atoms. The molecule has 2 rings (SSSR count). The molecule has 0 aliphatic carbocycles. The number of hydrogen-bond acceptors (Lipinski definition) is 5. The highest BCUT2D eigenvalue weighted by molar-refractivity contribution is 7.09. The summed E-state index contributed by atoms with van der Waals surface area (Å²) in [5.41, 5.74) is 2.45. The van der Waals surface area contributed by atoms with E-state index < -0.39 is 0 Å². The van der Waals surface area contributed by atoms with Crippen LogP contribution in [-0.4, -0.2) is 38.3 Å². The van der Waals surface area contributed by atoms with Crippen molar-refractivity contribution in [1.82, 2.24) is 15.6 Å². The van der Waals surface area contributed by atoms with Gasteiger partial charge in [0.15, 0.2) is 17.5 Å². The van der Waals surface area contributed by atoms with Gasteiger partial charge in [0, 0.05) is 24.4 Å². The molecule has 0 saturated heterocycles. The number of aliphatic imine (C=N–C) groups is 1. The van der Waals surface area contributed by atoms with E-state index in [0.29, 0.717) is 13.2 Å². The molecule has 2 aromatic rings. The van der Waals surface area contributed by atoms with Gasteiger partial charge in [0.25, 0.3) is 0 Å². The zero-order valence-electron chi connectivity index (χ0n) is 18.5. The van der Waals surface area contributed by atoms with Crippen LogP contribution in [0.4, 0.5) is 0 Å². The van der Waals surface area contributed by atoms with E-state index in [0.717, 1.165) is 47.5 Å². The maximum Gasteiger partial charge on any atom is 0.191 e. The summed E-state index contributed by atoms with van der Waals surface area (Å²) in [6.07, 6.45) is 1.94. The maximum atomic E-state index is 5.65. The van der Waals surface area contributed by atoms with E-state index in [9.17, 15) is 0 Å². The van der Waals surface area contributed by atoms with Crippen molar-refractivity contribution >= 4 is 17.3 Å². The molecule has 1 aromatic carbocycles. The third-order valence-corrected chi connectivity index (χ3v) is 5.26. The highest BCUT2D eigenvalue weighted by Gasteiger charge is 2.17. The van der Waals surface area contributed by atoms with Crippen LogP contribution in [-0.2, 0) is 18.4 Å². The number of aryl methyl sites for hydroxylation is 1. The van der Waals surface area contributed by atoms with Crippen molar-refractivity contribution in [2.24, 2.45) is 4.99 Å². The van der Waals surface area contributed by atoms with Crippen molar-refractivity contribution in [3.05, 3.63) is 39.8 Å². The Balaban J connectivity index is 1.77. The number of ether oxygens (including phenoxy) is 2.